The van der Waals surface area contributed by atoms with Gasteiger partial charge < -0.3 is 0 Å². The molecule has 2 N–H and O–H groups in total. The number of sulfonamides is 1. The predicted molar refractivity (Wildman–Crippen MR) is 79.9 cm³/mol. The summed E-state index contributed by atoms with van der Waals surface area (Å²) in [5.74, 6) is 0.497. The van der Waals surface area contributed by atoms with E-state index in [0.717, 1.165) is 48.1 Å². The van der Waals surface area contributed by atoms with Gasteiger partial charge in [0.2, 0.25) is 0 Å². The molecule has 0 amide bonds. The van der Waals surface area contributed by atoms with Gasteiger partial charge in [-0.05, 0) is 12.8 Å². The summed E-state index contributed by atoms with van der Waals surface area (Å²) < 4.78 is 52.4. The number of hydrogen-bond acceptors (Lipinski definition) is 4. The van der Waals surface area contributed by atoms with Crippen LogP contribution in [0.2, 0.25) is 0 Å². The molecule has 0 aromatic carbocycles. The van der Waals surface area contributed by atoms with Gasteiger partial charge >= 0.3 is 0 Å². The van der Waals surface area contributed by atoms with Gasteiger partial charge in [-0.1, -0.05) is 12.8 Å². The summed E-state index contributed by atoms with van der Waals surface area (Å²) in [6.45, 7) is 0. The first-order chi connectivity index (χ1) is 10.5. The molecule has 0 radical (unpaired) electrons. The second-order valence-corrected chi connectivity index (χ2v) is 7.68. The zero-order valence-electron chi connectivity index (χ0n) is 11.6. The lowest BCUT2D eigenvalue weighted by Crippen LogP contribution is -2.14. The van der Waals surface area contributed by atoms with Gasteiger partial charge in [-0.3, -0.25) is 9.82 Å². The predicted octanol–water partition coefficient (Wildman–Crippen LogP) is 3.87. The van der Waals surface area contributed by atoms with E-state index in [1.165, 1.54) is 5.38 Å². The van der Waals surface area contributed by atoms with Gasteiger partial charge in [0.05, 0.1) is 0 Å². The fourth-order valence-corrected chi connectivity index (χ4v) is 5.10. The molecule has 0 saturated heterocycles. The third-order valence-corrected chi connectivity index (χ3v) is 6.13. The fraction of sp³-hybridized carbons (Fsp3) is 0.462. The van der Waals surface area contributed by atoms with E-state index in [9.17, 15) is 17.2 Å². The average Bonchev–Trinajstić information content (AvgIpc) is 3.19. The van der Waals surface area contributed by atoms with Crippen LogP contribution in [0.25, 0.3) is 0 Å². The third kappa shape index (κ3) is 3.00. The Kier molecular flexibility index (Phi) is 4.18. The molecule has 2 aromatic heterocycles. The highest BCUT2D eigenvalue weighted by Gasteiger charge is 2.26. The molecule has 120 valence electrons. The summed E-state index contributed by atoms with van der Waals surface area (Å²) in [5, 5.41) is 9.11. The molecule has 0 aliphatic heterocycles. The molecule has 1 aliphatic carbocycles. The van der Waals surface area contributed by atoms with E-state index in [4.69, 9.17) is 0 Å². The van der Waals surface area contributed by atoms with Gasteiger partial charge in [0.1, 0.15) is 4.90 Å². The van der Waals surface area contributed by atoms with E-state index in [1.807, 2.05) is 0 Å². The molecule has 0 atom stereocenters. The van der Waals surface area contributed by atoms with Crippen LogP contribution in [0.5, 0.6) is 0 Å². The van der Waals surface area contributed by atoms with Crippen molar-refractivity contribution < 1.29 is 17.2 Å². The Morgan fingerprint density at radius 3 is 2.73 bits per heavy atom. The molecule has 0 unspecified atom stereocenters. The smallest absolute Gasteiger partial charge is 0.265 e. The minimum absolute atomic E-state index is 0.133. The van der Waals surface area contributed by atoms with Crippen LogP contribution in [0, 0.1) is 0 Å². The highest BCUT2D eigenvalue weighted by molar-refractivity contribution is 7.92. The monoisotopic (exact) mass is 347 g/mol. The van der Waals surface area contributed by atoms with E-state index in [1.54, 1.807) is 6.07 Å². The van der Waals surface area contributed by atoms with E-state index >= 15 is 0 Å². The molecular weight excluding hydrogens is 332 g/mol. The van der Waals surface area contributed by atoms with Crippen LogP contribution in [0.15, 0.2) is 21.7 Å². The summed E-state index contributed by atoms with van der Waals surface area (Å²) in [4.78, 5) is -0.391. The van der Waals surface area contributed by atoms with Gasteiger partial charge in [-0.15, -0.1) is 0 Å². The molecule has 1 aliphatic rings. The standard InChI is InChI=1S/C13H15F2N3O2S2/c14-13(15)9-6-21-7-11(9)22(19,20)18-12-5-10(16-17-12)8-3-1-2-4-8/h5-8,13H,1-4H2,(H2,16,17,18). The van der Waals surface area contributed by atoms with Crippen molar-refractivity contribution in [2.45, 2.75) is 42.9 Å². The number of halogens is 2. The maximum atomic E-state index is 12.8. The molecule has 5 nitrogen and oxygen atoms in total. The summed E-state index contributed by atoms with van der Waals surface area (Å²) in [6.07, 6.45) is 1.57. The van der Waals surface area contributed by atoms with Gasteiger partial charge in [0.15, 0.2) is 5.82 Å². The molecule has 1 saturated carbocycles. The number of aromatic amines is 1. The molecule has 0 spiro atoms. The van der Waals surface area contributed by atoms with E-state index in [2.05, 4.69) is 14.9 Å². The minimum atomic E-state index is -4.06. The Labute approximate surface area is 130 Å². The summed E-state index contributed by atoms with van der Waals surface area (Å²) >= 11 is 0.930. The van der Waals surface area contributed by atoms with E-state index < -0.39 is 26.9 Å². The number of alkyl halides is 2. The van der Waals surface area contributed by atoms with Crippen molar-refractivity contribution in [2.24, 2.45) is 0 Å². The highest BCUT2D eigenvalue weighted by atomic mass is 32.2. The number of hydrogen-bond donors (Lipinski definition) is 2. The molecule has 3 rings (SSSR count). The number of rotatable bonds is 5. The second kappa shape index (κ2) is 5.96. The van der Waals surface area contributed by atoms with Crippen LogP contribution in [0.3, 0.4) is 0 Å². The largest absolute Gasteiger partial charge is 0.280 e. The Morgan fingerprint density at radius 2 is 2.05 bits per heavy atom. The first kappa shape index (κ1) is 15.4. The number of anilines is 1. The van der Waals surface area contributed by atoms with E-state index in [-0.39, 0.29) is 5.82 Å². The van der Waals surface area contributed by atoms with Gasteiger partial charge in [0.25, 0.3) is 16.4 Å². The van der Waals surface area contributed by atoms with Gasteiger partial charge in [-0.25, -0.2) is 17.2 Å². The maximum absolute atomic E-state index is 12.8. The van der Waals surface area contributed by atoms with Crippen LogP contribution in [0.1, 0.15) is 49.3 Å². The number of nitrogens with zero attached hydrogens (tertiary/aromatic N) is 1. The Morgan fingerprint density at radius 1 is 1.32 bits per heavy atom. The zero-order valence-corrected chi connectivity index (χ0v) is 13.2. The van der Waals surface area contributed by atoms with Crippen LogP contribution < -0.4 is 4.72 Å². The van der Waals surface area contributed by atoms with Crippen molar-refractivity contribution in [1.29, 1.82) is 0 Å². The quantitative estimate of drug-likeness (QED) is 0.862. The van der Waals surface area contributed by atoms with Crippen LogP contribution in [-0.2, 0) is 10.0 Å². The third-order valence-electron chi connectivity index (χ3n) is 3.81. The van der Waals surface area contributed by atoms with Crippen molar-refractivity contribution in [1.82, 2.24) is 10.2 Å². The van der Waals surface area contributed by atoms with Gasteiger partial charge in [-0.2, -0.15) is 16.4 Å². The van der Waals surface area contributed by atoms with Crippen molar-refractivity contribution in [3.05, 3.63) is 28.1 Å². The van der Waals surface area contributed by atoms with Gasteiger partial charge in [0, 0.05) is 34.0 Å². The Bertz CT molecular complexity index is 749. The summed E-state index contributed by atoms with van der Waals surface area (Å²) in [7, 11) is -4.06. The first-order valence-corrected chi connectivity index (χ1v) is 9.32. The molecule has 2 heterocycles. The Balaban J connectivity index is 1.81. The zero-order chi connectivity index (χ0) is 15.7. The normalized spacial score (nSPS) is 16.5. The highest BCUT2D eigenvalue weighted by Crippen LogP contribution is 2.34. The molecule has 9 heteroatoms. The Hall–Kier alpha value is -1.48. The van der Waals surface area contributed by atoms with Crippen molar-refractivity contribution in [3.8, 4) is 0 Å². The molecule has 1 fully saturated rings. The fourth-order valence-electron chi connectivity index (χ4n) is 2.70. The summed E-state index contributed by atoms with van der Waals surface area (Å²) in [5.41, 5.74) is 0.402. The maximum Gasteiger partial charge on any atom is 0.265 e. The lowest BCUT2D eigenvalue weighted by Gasteiger charge is -2.06. The van der Waals surface area contributed by atoms with Crippen LogP contribution in [-0.4, -0.2) is 18.6 Å². The SMILES string of the molecule is O=S(=O)(Nc1cc(C2CCCC2)[nH]n1)c1cscc1C(F)F. The molecule has 22 heavy (non-hydrogen) atoms. The number of thiophene rings is 1. The molecule has 0 bridgehead atoms. The van der Waals surface area contributed by atoms with Crippen molar-refractivity contribution in [3.63, 3.8) is 0 Å². The number of aromatic nitrogens is 2. The van der Waals surface area contributed by atoms with Crippen molar-refractivity contribution in [2.75, 3.05) is 4.72 Å². The first-order valence-electron chi connectivity index (χ1n) is 6.90. The molecular formula is C13H15F2N3O2S2. The summed E-state index contributed by atoms with van der Waals surface area (Å²) in [6, 6.07) is 1.64. The molecule has 2 aromatic rings. The second-order valence-electron chi connectivity index (χ2n) is 5.29. The van der Waals surface area contributed by atoms with Crippen LogP contribution >= 0.6 is 11.3 Å². The van der Waals surface area contributed by atoms with Crippen molar-refractivity contribution >= 4 is 27.2 Å². The lowest BCUT2D eigenvalue weighted by atomic mass is 10.1. The minimum Gasteiger partial charge on any atom is -0.280 e. The number of H-pyrrole nitrogens is 1. The van der Waals surface area contributed by atoms with Crippen LogP contribution in [0.4, 0.5) is 14.6 Å². The lowest BCUT2D eigenvalue weighted by molar-refractivity contribution is 0.148. The number of nitrogens with one attached hydrogen (secondary N) is 2. The van der Waals surface area contributed by atoms with E-state index in [0.29, 0.717) is 5.92 Å². The average molecular weight is 347 g/mol. The topological polar surface area (TPSA) is 74.8 Å².